The largest absolute Gasteiger partial charge is 0.507 e. The molecular formula is C15H19NO4. The van der Waals surface area contributed by atoms with E-state index in [1.807, 2.05) is 0 Å². The Balaban J connectivity index is 2.25. The number of benzene rings is 1. The van der Waals surface area contributed by atoms with Gasteiger partial charge in [-0.15, -0.1) is 0 Å². The summed E-state index contributed by atoms with van der Waals surface area (Å²) in [5.41, 5.74) is -0.0404. The summed E-state index contributed by atoms with van der Waals surface area (Å²) in [5, 5.41) is 19.3. The van der Waals surface area contributed by atoms with Crippen LogP contribution >= 0.6 is 0 Å². The van der Waals surface area contributed by atoms with E-state index in [1.54, 1.807) is 32.0 Å². The van der Waals surface area contributed by atoms with Crippen molar-refractivity contribution in [3.05, 3.63) is 29.3 Å². The van der Waals surface area contributed by atoms with E-state index in [4.69, 9.17) is 0 Å². The summed E-state index contributed by atoms with van der Waals surface area (Å²) in [6, 6.07) is 5.00. The molecule has 1 aromatic rings. The smallest absolute Gasteiger partial charge is 0.311 e. The SMILES string of the molecule is Cc1cccc(C(=O)N2CCCC(C)(C(=O)O)C2)c1O. The van der Waals surface area contributed by atoms with Crippen LogP contribution in [0.3, 0.4) is 0 Å². The predicted octanol–water partition coefficient (Wildman–Crippen LogP) is 2.03. The number of hydrogen-bond donors (Lipinski definition) is 2. The zero-order valence-corrected chi connectivity index (χ0v) is 11.7. The number of hydrogen-bond acceptors (Lipinski definition) is 3. The normalized spacial score (nSPS) is 22.6. The summed E-state index contributed by atoms with van der Waals surface area (Å²) in [6.45, 7) is 4.08. The number of carboxylic acids is 1. The van der Waals surface area contributed by atoms with Gasteiger partial charge in [-0.2, -0.15) is 0 Å². The molecule has 1 aliphatic heterocycles. The molecule has 0 saturated carbocycles. The van der Waals surface area contributed by atoms with Crippen molar-refractivity contribution < 1.29 is 19.8 Å². The van der Waals surface area contributed by atoms with Crippen LogP contribution in [-0.4, -0.2) is 40.1 Å². The van der Waals surface area contributed by atoms with E-state index >= 15 is 0 Å². The van der Waals surface area contributed by atoms with Crippen LogP contribution in [0.2, 0.25) is 0 Å². The summed E-state index contributed by atoms with van der Waals surface area (Å²) in [5.74, 6) is -1.22. The van der Waals surface area contributed by atoms with E-state index in [9.17, 15) is 19.8 Å². The lowest BCUT2D eigenvalue weighted by Crippen LogP contribution is -2.48. The minimum Gasteiger partial charge on any atom is -0.507 e. The number of carboxylic acid groups (broad SMARTS) is 1. The second-order valence-corrected chi connectivity index (χ2v) is 5.67. The van der Waals surface area contributed by atoms with Crippen LogP contribution in [0.1, 0.15) is 35.7 Å². The number of nitrogens with zero attached hydrogens (tertiary/aromatic N) is 1. The van der Waals surface area contributed by atoms with E-state index in [-0.39, 0.29) is 23.8 Å². The second kappa shape index (κ2) is 5.15. The van der Waals surface area contributed by atoms with Gasteiger partial charge in [0, 0.05) is 13.1 Å². The van der Waals surface area contributed by atoms with Gasteiger partial charge < -0.3 is 15.1 Å². The second-order valence-electron chi connectivity index (χ2n) is 5.67. The third-order valence-corrected chi connectivity index (χ3v) is 3.97. The van der Waals surface area contributed by atoms with Crippen molar-refractivity contribution in [3.63, 3.8) is 0 Å². The first-order valence-corrected chi connectivity index (χ1v) is 6.66. The number of rotatable bonds is 2. The first-order valence-electron chi connectivity index (χ1n) is 6.66. The third-order valence-electron chi connectivity index (χ3n) is 3.97. The molecule has 1 amide bonds. The molecule has 0 aliphatic carbocycles. The van der Waals surface area contributed by atoms with Crippen LogP contribution in [0.15, 0.2) is 18.2 Å². The van der Waals surface area contributed by atoms with Crippen LogP contribution in [0, 0.1) is 12.3 Å². The molecule has 0 bridgehead atoms. The van der Waals surface area contributed by atoms with Gasteiger partial charge in [-0.1, -0.05) is 12.1 Å². The van der Waals surface area contributed by atoms with Crippen LogP contribution in [0.25, 0.3) is 0 Å². The summed E-state index contributed by atoms with van der Waals surface area (Å²) in [6.07, 6.45) is 1.22. The van der Waals surface area contributed by atoms with Crippen molar-refractivity contribution in [2.75, 3.05) is 13.1 Å². The first-order chi connectivity index (χ1) is 9.35. The quantitative estimate of drug-likeness (QED) is 0.867. The molecule has 1 aliphatic rings. The fraction of sp³-hybridized carbons (Fsp3) is 0.467. The lowest BCUT2D eigenvalue weighted by atomic mass is 9.82. The summed E-state index contributed by atoms with van der Waals surface area (Å²) >= 11 is 0. The van der Waals surface area contributed by atoms with Crippen molar-refractivity contribution in [1.82, 2.24) is 4.90 Å². The van der Waals surface area contributed by atoms with Crippen molar-refractivity contribution in [2.24, 2.45) is 5.41 Å². The number of carbonyl (C=O) groups excluding carboxylic acids is 1. The maximum absolute atomic E-state index is 12.5. The number of aryl methyl sites for hydroxylation is 1. The van der Waals surface area contributed by atoms with E-state index in [0.29, 0.717) is 24.9 Å². The number of carbonyl (C=O) groups is 2. The van der Waals surface area contributed by atoms with Crippen LogP contribution < -0.4 is 0 Å². The number of amides is 1. The first kappa shape index (κ1) is 14.4. The number of para-hydroxylation sites is 1. The fourth-order valence-electron chi connectivity index (χ4n) is 2.59. The highest BCUT2D eigenvalue weighted by atomic mass is 16.4. The Kier molecular flexibility index (Phi) is 3.70. The molecule has 2 N–H and O–H groups in total. The fourth-order valence-corrected chi connectivity index (χ4v) is 2.59. The Bertz CT molecular complexity index is 555. The molecule has 1 saturated heterocycles. The number of phenolic OH excluding ortho intramolecular Hbond substituents is 1. The van der Waals surface area contributed by atoms with Gasteiger partial charge in [0.25, 0.3) is 5.91 Å². The predicted molar refractivity (Wildman–Crippen MR) is 73.7 cm³/mol. The lowest BCUT2D eigenvalue weighted by molar-refractivity contribution is -0.150. The van der Waals surface area contributed by atoms with Gasteiger partial charge in [0.2, 0.25) is 0 Å². The third kappa shape index (κ3) is 2.48. The molecule has 0 spiro atoms. The van der Waals surface area contributed by atoms with Gasteiger partial charge in [-0.05, 0) is 38.3 Å². The molecule has 2 rings (SSSR count). The average Bonchev–Trinajstić information content (AvgIpc) is 2.41. The molecule has 0 radical (unpaired) electrons. The Labute approximate surface area is 117 Å². The van der Waals surface area contributed by atoms with Gasteiger partial charge in [-0.25, -0.2) is 0 Å². The molecule has 1 atom stereocenters. The molecule has 1 aromatic carbocycles. The minimum absolute atomic E-state index is 0.0277. The number of piperidine rings is 1. The monoisotopic (exact) mass is 277 g/mol. The van der Waals surface area contributed by atoms with Crippen molar-refractivity contribution >= 4 is 11.9 Å². The molecule has 5 nitrogen and oxygen atoms in total. The molecule has 1 heterocycles. The Morgan fingerprint density at radius 1 is 1.35 bits per heavy atom. The maximum Gasteiger partial charge on any atom is 0.311 e. The van der Waals surface area contributed by atoms with Gasteiger partial charge >= 0.3 is 5.97 Å². The Hall–Kier alpha value is -2.04. The van der Waals surface area contributed by atoms with Gasteiger partial charge in [0.15, 0.2) is 0 Å². The van der Waals surface area contributed by atoms with Crippen LogP contribution in [0.4, 0.5) is 0 Å². The lowest BCUT2D eigenvalue weighted by Gasteiger charge is -2.37. The molecule has 1 unspecified atom stereocenters. The van der Waals surface area contributed by atoms with Crippen LogP contribution in [0.5, 0.6) is 5.75 Å². The highest BCUT2D eigenvalue weighted by Gasteiger charge is 2.39. The molecular weight excluding hydrogens is 258 g/mol. The standard InChI is InChI=1S/C15H19NO4/c1-10-5-3-6-11(12(10)17)13(18)16-8-4-7-15(2,9-16)14(19)20/h3,5-6,17H,4,7-9H2,1-2H3,(H,19,20). The molecule has 20 heavy (non-hydrogen) atoms. The zero-order valence-electron chi connectivity index (χ0n) is 11.7. The summed E-state index contributed by atoms with van der Waals surface area (Å²) < 4.78 is 0. The van der Waals surface area contributed by atoms with Gasteiger partial charge in [0.05, 0.1) is 11.0 Å². The van der Waals surface area contributed by atoms with Crippen molar-refractivity contribution in [3.8, 4) is 5.75 Å². The number of likely N-dealkylation sites (tertiary alicyclic amines) is 1. The number of aromatic hydroxyl groups is 1. The van der Waals surface area contributed by atoms with Gasteiger partial charge in [0.1, 0.15) is 5.75 Å². The Morgan fingerprint density at radius 3 is 2.70 bits per heavy atom. The number of aliphatic carboxylic acids is 1. The Morgan fingerprint density at radius 2 is 2.05 bits per heavy atom. The minimum atomic E-state index is -0.909. The molecule has 1 fully saturated rings. The van der Waals surface area contributed by atoms with Crippen molar-refractivity contribution in [1.29, 1.82) is 0 Å². The number of phenols is 1. The summed E-state index contributed by atoms with van der Waals surface area (Å²) in [4.78, 5) is 25.3. The maximum atomic E-state index is 12.5. The molecule has 0 aromatic heterocycles. The van der Waals surface area contributed by atoms with E-state index in [0.717, 1.165) is 0 Å². The van der Waals surface area contributed by atoms with E-state index in [1.165, 1.54) is 4.90 Å². The van der Waals surface area contributed by atoms with Gasteiger partial charge in [-0.3, -0.25) is 9.59 Å². The topological polar surface area (TPSA) is 77.8 Å². The van der Waals surface area contributed by atoms with Crippen molar-refractivity contribution in [2.45, 2.75) is 26.7 Å². The summed E-state index contributed by atoms with van der Waals surface area (Å²) in [7, 11) is 0. The van der Waals surface area contributed by atoms with Crippen LogP contribution in [-0.2, 0) is 4.79 Å². The highest BCUT2D eigenvalue weighted by Crippen LogP contribution is 2.32. The van der Waals surface area contributed by atoms with E-state index < -0.39 is 11.4 Å². The average molecular weight is 277 g/mol. The van der Waals surface area contributed by atoms with E-state index in [2.05, 4.69) is 0 Å². The molecule has 5 heteroatoms. The zero-order chi connectivity index (χ0) is 14.9. The highest BCUT2D eigenvalue weighted by molar-refractivity contribution is 5.97. The molecule has 108 valence electrons.